The van der Waals surface area contributed by atoms with Crippen molar-refractivity contribution in [1.82, 2.24) is 0 Å². The molecular weight excluding hydrogens is 344 g/mol. The van der Waals surface area contributed by atoms with Crippen LogP contribution in [0.2, 0.25) is 0 Å². The second-order valence-electron chi connectivity index (χ2n) is 10.1. The number of benzene rings is 1. The summed E-state index contributed by atoms with van der Waals surface area (Å²) in [6.07, 6.45) is 17.7. The van der Waals surface area contributed by atoms with Gasteiger partial charge in [-0.25, -0.2) is 0 Å². The Morgan fingerprint density at radius 1 is 1.11 bits per heavy atom. The van der Waals surface area contributed by atoms with Crippen molar-refractivity contribution in [3.8, 4) is 18.1 Å². The average Bonchev–Trinajstić information content (AvgIpc) is 3.21. The molecule has 0 bridgehead atoms. The molecule has 0 saturated heterocycles. The fourth-order valence-corrected chi connectivity index (χ4v) is 7.24. The minimum absolute atomic E-state index is 0.000514. The lowest BCUT2D eigenvalue weighted by molar-refractivity contribution is -0.114. The molecule has 0 aliphatic heterocycles. The van der Waals surface area contributed by atoms with E-state index in [9.17, 15) is 5.11 Å². The highest BCUT2D eigenvalue weighted by Crippen LogP contribution is 2.60. The maximum absolute atomic E-state index is 11.0. The highest BCUT2D eigenvalue weighted by atomic mass is 16.5. The van der Waals surface area contributed by atoms with E-state index in [4.69, 9.17) is 11.2 Å². The van der Waals surface area contributed by atoms with Gasteiger partial charge in [-0.1, -0.05) is 13.0 Å². The zero-order chi connectivity index (χ0) is 19.3. The normalized spacial score (nSPS) is 40.1. The third-order valence-electron chi connectivity index (χ3n) is 8.80. The Kier molecular flexibility index (Phi) is 4.71. The van der Waals surface area contributed by atoms with Crippen LogP contribution in [-0.2, 0) is 6.42 Å². The molecule has 0 spiro atoms. The number of fused-ring (bicyclic) bond motifs is 5. The van der Waals surface area contributed by atoms with Crippen LogP contribution in [0.3, 0.4) is 0 Å². The van der Waals surface area contributed by atoms with Crippen molar-refractivity contribution in [2.24, 2.45) is 23.2 Å². The highest BCUT2D eigenvalue weighted by molar-refractivity contribution is 5.41. The van der Waals surface area contributed by atoms with Crippen molar-refractivity contribution in [1.29, 1.82) is 0 Å². The van der Waals surface area contributed by atoms with E-state index in [2.05, 4.69) is 31.0 Å². The molecule has 0 aromatic heterocycles. The summed E-state index contributed by atoms with van der Waals surface area (Å²) in [5, 5.41) is 11.0. The monoisotopic (exact) mass is 378 g/mol. The number of aliphatic hydroxyl groups is 1. The lowest BCUT2D eigenvalue weighted by Crippen LogP contribution is -2.53. The van der Waals surface area contributed by atoms with E-state index in [1.807, 2.05) is 0 Å². The molecular formula is C26H34O2. The first kappa shape index (κ1) is 18.6. The number of hydrogen-bond donors (Lipinski definition) is 1. The predicted molar refractivity (Wildman–Crippen MR) is 112 cm³/mol. The molecule has 28 heavy (non-hydrogen) atoms. The molecule has 6 atom stereocenters. The van der Waals surface area contributed by atoms with Crippen LogP contribution < -0.4 is 4.74 Å². The van der Waals surface area contributed by atoms with Crippen molar-refractivity contribution in [2.75, 3.05) is 0 Å². The quantitative estimate of drug-likeness (QED) is 0.691. The second kappa shape index (κ2) is 7.10. The van der Waals surface area contributed by atoms with E-state index in [0.717, 1.165) is 25.0 Å². The summed E-state index contributed by atoms with van der Waals surface area (Å²) in [7, 11) is 0. The van der Waals surface area contributed by atoms with Crippen LogP contribution in [0, 0.1) is 35.5 Å². The average molecular weight is 379 g/mol. The smallest absolute Gasteiger partial charge is 0.120 e. The summed E-state index contributed by atoms with van der Waals surface area (Å²) in [6.45, 7) is 2.32. The predicted octanol–water partition coefficient (Wildman–Crippen LogP) is 5.47. The van der Waals surface area contributed by atoms with Crippen LogP contribution in [0.15, 0.2) is 18.2 Å². The van der Waals surface area contributed by atoms with Gasteiger partial charge >= 0.3 is 0 Å². The Hall–Kier alpha value is -1.46. The van der Waals surface area contributed by atoms with Gasteiger partial charge in [0.25, 0.3) is 0 Å². The first-order valence-electron chi connectivity index (χ1n) is 11.5. The lowest BCUT2D eigenvalue weighted by Gasteiger charge is -2.57. The molecule has 3 saturated carbocycles. The van der Waals surface area contributed by atoms with Crippen LogP contribution in [-0.4, -0.2) is 17.3 Å². The molecule has 3 fully saturated rings. The van der Waals surface area contributed by atoms with E-state index in [-0.39, 0.29) is 17.4 Å². The first-order valence-corrected chi connectivity index (χ1v) is 11.5. The molecule has 1 aromatic carbocycles. The Morgan fingerprint density at radius 2 is 1.93 bits per heavy atom. The van der Waals surface area contributed by atoms with Crippen molar-refractivity contribution in [3.63, 3.8) is 0 Å². The Balaban J connectivity index is 1.38. The van der Waals surface area contributed by atoms with Gasteiger partial charge in [0, 0.05) is 5.92 Å². The molecule has 150 valence electrons. The van der Waals surface area contributed by atoms with Gasteiger partial charge in [-0.15, -0.1) is 12.3 Å². The Morgan fingerprint density at radius 3 is 2.71 bits per heavy atom. The SMILES string of the molecule is C#CC1CCC2C3CCc4cc(OC5CCCC5)ccc4C3CCC2(C)C1O. The molecule has 2 heteroatoms. The van der Waals surface area contributed by atoms with E-state index >= 15 is 0 Å². The van der Waals surface area contributed by atoms with Gasteiger partial charge in [-0.05, 0) is 111 Å². The summed E-state index contributed by atoms with van der Waals surface area (Å²) < 4.78 is 6.27. The zero-order valence-corrected chi connectivity index (χ0v) is 17.2. The Labute approximate surface area is 170 Å². The van der Waals surface area contributed by atoms with Crippen LogP contribution in [0.1, 0.15) is 81.8 Å². The van der Waals surface area contributed by atoms with Gasteiger partial charge in [-0.2, -0.15) is 0 Å². The van der Waals surface area contributed by atoms with Crippen LogP contribution in [0.4, 0.5) is 0 Å². The number of terminal acetylenes is 1. The summed E-state index contributed by atoms with van der Waals surface area (Å²) in [5.74, 6) is 5.95. The number of rotatable bonds is 2. The third kappa shape index (κ3) is 2.89. The fourth-order valence-electron chi connectivity index (χ4n) is 7.24. The molecule has 4 aliphatic carbocycles. The maximum Gasteiger partial charge on any atom is 0.120 e. The van der Waals surface area contributed by atoms with E-state index < -0.39 is 0 Å². The fraction of sp³-hybridized carbons (Fsp3) is 0.692. The van der Waals surface area contributed by atoms with Crippen LogP contribution in [0.25, 0.3) is 0 Å². The third-order valence-corrected chi connectivity index (χ3v) is 8.80. The van der Waals surface area contributed by atoms with Crippen molar-refractivity contribution < 1.29 is 9.84 Å². The second-order valence-corrected chi connectivity index (χ2v) is 10.1. The van der Waals surface area contributed by atoms with Gasteiger partial charge < -0.3 is 9.84 Å². The molecule has 4 aliphatic rings. The zero-order valence-electron chi connectivity index (χ0n) is 17.2. The molecule has 0 amide bonds. The largest absolute Gasteiger partial charge is 0.490 e. The highest BCUT2D eigenvalue weighted by Gasteiger charge is 2.54. The lowest BCUT2D eigenvalue weighted by atomic mass is 9.48. The molecule has 1 aromatic rings. The number of hydrogen-bond acceptors (Lipinski definition) is 2. The number of aliphatic hydroxyl groups excluding tert-OH is 1. The molecule has 6 unspecified atom stereocenters. The molecule has 0 heterocycles. The van der Waals surface area contributed by atoms with E-state index in [1.165, 1.54) is 50.5 Å². The number of ether oxygens (including phenoxy) is 1. The summed E-state index contributed by atoms with van der Waals surface area (Å²) >= 11 is 0. The molecule has 5 rings (SSSR count). The van der Waals surface area contributed by atoms with Gasteiger partial charge in [0.1, 0.15) is 5.75 Å². The molecule has 1 N–H and O–H groups in total. The van der Waals surface area contributed by atoms with Gasteiger partial charge in [0.05, 0.1) is 12.2 Å². The van der Waals surface area contributed by atoms with Crippen molar-refractivity contribution in [3.05, 3.63) is 29.3 Å². The van der Waals surface area contributed by atoms with E-state index in [0.29, 0.717) is 23.9 Å². The van der Waals surface area contributed by atoms with Crippen molar-refractivity contribution in [2.45, 2.75) is 89.3 Å². The summed E-state index contributed by atoms with van der Waals surface area (Å²) in [4.78, 5) is 0. The standard InChI is InChI=1S/C26H34O2/c1-3-17-9-13-24-23-11-8-18-16-20(28-19-6-4-5-7-19)10-12-21(18)22(23)14-15-26(24,2)25(17)27/h1,10,12,16-17,19,22-25,27H,4-9,11,13-15H2,2H3. The van der Waals surface area contributed by atoms with Gasteiger partial charge in [0.15, 0.2) is 0 Å². The van der Waals surface area contributed by atoms with Gasteiger partial charge in [-0.3, -0.25) is 0 Å². The topological polar surface area (TPSA) is 29.5 Å². The summed E-state index contributed by atoms with van der Waals surface area (Å²) in [5.41, 5.74) is 3.07. The van der Waals surface area contributed by atoms with E-state index in [1.54, 1.807) is 5.56 Å². The molecule has 2 nitrogen and oxygen atoms in total. The van der Waals surface area contributed by atoms with Crippen LogP contribution >= 0.6 is 0 Å². The minimum atomic E-state index is -0.333. The van der Waals surface area contributed by atoms with Crippen LogP contribution in [0.5, 0.6) is 5.75 Å². The summed E-state index contributed by atoms with van der Waals surface area (Å²) in [6, 6.07) is 6.92. The number of aryl methyl sites for hydroxylation is 1. The van der Waals surface area contributed by atoms with Gasteiger partial charge in [0.2, 0.25) is 0 Å². The Bertz CT molecular complexity index is 771. The first-order chi connectivity index (χ1) is 13.6. The maximum atomic E-state index is 11.0. The van der Waals surface area contributed by atoms with Crippen molar-refractivity contribution >= 4 is 0 Å². The minimum Gasteiger partial charge on any atom is -0.490 e. The molecule has 0 radical (unpaired) electrons.